The van der Waals surface area contributed by atoms with E-state index in [2.05, 4.69) is 537 Å². The Kier molecular flexibility index (Phi) is 18.8. The lowest BCUT2D eigenvalue weighted by molar-refractivity contribution is 1.15. The molecule has 0 unspecified atom stereocenters. The number of hydrogen-bond acceptors (Lipinski definition) is 0. The van der Waals surface area contributed by atoms with Crippen LogP contribution in [-0.2, 0) is 0 Å². The van der Waals surface area contributed by atoms with Crippen molar-refractivity contribution in [3.63, 3.8) is 0 Å². The van der Waals surface area contributed by atoms with Crippen LogP contribution in [0.25, 0.3) is 232 Å². The van der Waals surface area contributed by atoms with Crippen molar-refractivity contribution in [2.24, 2.45) is 0 Å². The van der Waals surface area contributed by atoms with Crippen LogP contribution < -0.4 is 0 Å². The molecule has 6 heteroatoms. The summed E-state index contributed by atoms with van der Waals surface area (Å²) in [6.45, 7) is 0. The fraction of sp³-hybridized carbons (Fsp3) is 0. The summed E-state index contributed by atoms with van der Waals surface area (Å²) in [5, 5.41) is 15.1. The van der Waals surface area contributed by atoms with Crippen molar-refractivity contribution in [3.8, 4) is 101 Å². The molecule has 0 aliphatic carbocycles. The molecule has 0 saturated heterocycles. The molecule has 0 saturated carbocycles. The Balaban J connectivity index is 0.000000106. The van der Waals surface area contributed by atoms with E-state index in [1.54, 1.807) is 0 Å². The predicted molar refractivity (Wildman–Crippen MR) is 558 cm³/mol. The van der Waals surface area contributed by atoms with Crippen molar-refractivity contribution < 1.29 is 0 Å². The summed E-state index contributed by atoms with van der Waals surface area (Å²) < 4.78 is 14.6. The maximum atomic E-state index is 2.46. The number of benzene rings is 21. The van der Waals surface area contributed by atoms with Crippen molar-refractivity contribution in [2.45, 2.75) is 0 Å². The molecule has 0 amide bonds. The smallest absolute Gasteiger partial charge is 0.0788 e. The predicted octanol–water partition coefficient (Wildman–Crippen LogP) is 33.6. The second kappa shape index (κ2) is 32.4. The summed E-state index contributed by atoms with van der Waals surface area (Å²) in [6.07, 6.45) is 0. The molecule has 0 N–H and O–H groups in total. The minimum Gasteiger partial charge on any atom is -0.309 e. The first-order valence-corrected chi connectivity index (χ1v) is 45.4. The van der Waals surface area contributed by atoms with Gasteiger partial charge in [-0.2, -0.15) is 0 Å². The minimum absolute atomic E-state index is 1.15. The van der Waals surface area contributed by atoms with Gasteiger partial charge in [0, 0.05) is 98.8 Å². The third-order valence-corrected chi connectivity index (χ3v) is 26.8. The lowest BCUT2D eigenvalue weighted by Gasteiger charge is -2.13. The van der Waals surface area contributed by atoms with E-state index in [9.17, 15) is 0 Å². The first kappa shape index (κ1) is 76.8. The third-order valence-electron chi connectivity index (χ3n) is 26.8. The van der Waals surface area contributed by atoms with Gasteiger partial charge in [0.1, 0.15) is 0 Å². The van der Waals surface area contributed by atoms with Gasteiger partial charge in [-0.15, -0.1) is 0 Å². The van der Waals surface area contributed by atoms with Crippen LogP contribution in [0.3, 0.4) is 0 Å². The van der Waals surface area contributed by atoms with E-state index in [1.165, 1.54) is 198 Å². The van der Waals surface area contributed by atoms with E-state index < -0.39 is 0 Å². The molecule has 6 heterocycles. The van der Waals surface area contributed by atoms with Gasteiger partial charge in [-0.1, -0.05) is 382 Å². The van der Waals surface area contributed by atoms with E-state index in [1.807, 2.05) is 0 Å². The van der Waals surface area contributed by atoms with Crippen LogP contribution in [0.5, 0.6) is 0 Å². The van der Waals surface area contributed by atoms with Crippen molar-refractivity contribution in [3.05, 3.63) is 510 Å². The SMILES string of the molecule is c1ccc(-c2ccc(-n3c4ccccc4c4c3ccc3c5ccccc5n(-c5ccc(-c6ccccc6)cc5)c34)cc2)cc1.c1ccc(-c2ccc(-n3c4ccccc4c4cc5c6ccccc6n(-c6ccc(-c7ccccc7)cc6)c5cc43)cc2)cc1.c1ccc(-c2ccc(-n3c4ccccc4c4ccc5c6ccccc6n(-c6ccc(-c7ccccc7)cc6)c5c43)cc2)cc1. The zero-order valence-corrected chi connectivity index (χ0v) is 72.2. The van der Waals surface area contributed by atoms with Crippen LogP contribution in [-0.4, -0.2) is 27.4 Å². The monoisotopic (exact) mass is 1680 g/mol. The van der Waals surface area contributed by atoms with Gasteiger partial charge in [-0.3, -0.25) is 0 Å². The Hall–Kier alpha value is -17.6. The summed E-state index contributed by atoms with van der Waals surface area (Å²) in [5.41, 5.74) is 36.2. The minimum atomic E-state index is 1.15. The highest BCUT2D eigenvalue weighted by atomic mass is 15.1. The molecule has 0 bridgehead atoms. The fourth-order valence-electron chi connectivity index (χ4n) is 20.7. The quantitative estimate of drug-likeness (QED) is 0.117. The summed E-state index contributed by atoms with van der Waals surface area (Å²) in [4.78, 5) is 0. The molecular weight excluding hydrogens is 1600 g/mol. The number of hydrogen-bond donors (Lipinski definition) is 0. The molecule has 0 aliphatic heterocycles. The topological polar surface area (TPSA) is 29.6 Å². The van der Waals surface area contributed by atoms with Crippen molar-refractivity contribution >= 4 is 131 Å². The van der Waals surface area contributed by atoms with Crippen LogP contribution in [0.15, 0.2) is 510 Å². The fourth-order valence-corrected chi connectivity index (χ4v) is 20.7. The van der Waals surface area contributed by atoms with E-state index in [0.29, 0.717) is 0 Å². The molecule has 0 aliphatic rings. The van der Waals surface area contributed by atoms with Crippen molar-refractivity contribution in [1.82, 2.24) is 27.4 Å². The van der Waals surface area contributed by atoms with E-state index in [0.717, 1.165) is 34.1 Å². The van der Waals surface area contributed by atoms with Gasteiger partial charge in [0.05, 0.1) is 66.2 Å². The average molecular weight is 1680 g/mol. The number of aromatic nitrogens is 6. The zero-order valence-electron chi connectivity index (χ0n) is 72.2. The second-order valence-corrected chi connectivity index (χ2v) is 34.2. The third kappa shape index (κ3) is 13.1. The summed E-state index contributed by atoms with van der Waals surface area (Å²) in [7, 11) is 0. The Bertz CT molecular complexity index is 8530. The van der Waals surface area contributed by atoms with Gasteiger partial charge < -0.3 is 27.4 Å². The summed E-state index contributed by atoms with van der Waals surface area (Å²) >= 11 is 0. The molecule has 0 atom stereocenters. The molecule has 0 spiro atoms. The van der Waals surface area contributed by atoms with Crippen LogP contribution in [0.2, 0.25) is 0 Å². The van der Waals surface area contributed by atoms with Gasteiger partial charge in [-0.25, -0.2) is 0 Å². The molecule has 132 heavy (non-hydrogen) atoms. The largest absolute Gasteiger partial charge is 0.309 e. The number of para-hydroxylation sites is 6. The first-order chi connectivity index (χ1) is 65.5. The Morgan fingerprint density at radius 1 is 0.0985 bits per heavy atom. The highest BCUT2D eigenvalue weighted by Crippen LogP contribution is 2.47. The maximum Gasteiger partial charge on any atom is 0.0788 e. The second-order valence-electron chi connectivity index (χ2n) is 34.2. The van der Waals surface area contributed by atoms with Gasteiger partial charge in [0.15, 0.2) is 0 Å². The lowest BCUT2D eigenvalue weighted by atomic mass is 10.1. The summed E-state index contributed by atoms with van der Waals surface area (Å²) in [5.74, 6) is 0. The molecule has 21 aromatic carbocycles. The standard InChI is InChI=1S/3C42H28N2/c1-3-11-29(12-4-1)31-19-23-33(24-20-31)43-39-17-9-7-15-35(39)37-27-38-36-16-8-10-18-40(36)44(42(38)28-41(37)43)34-25-21-32(22-26-34)30-13-5-2-6-14-30;1-3-11-29(12-4-1)31-19-23-33(24-20-31)43-39-18-10-8-16-37(39)41-40(43)28-27-36-35-15-7-9-17-38(35)44(42(36)41)34-25-21-32(22-26-34)30-13-5-2-6-14-30;1-3-11-29(12-4-1)31-19-23-33(24-20-31)43-39-17-9-7-15-35(39)37-27-28-38-36-16-8-10-18-40(36)44(42(38)41(37)43)34-25-21-32(22-26-34)30-13-5-2-6-14-30/h3*1-28H. The van der Waals surface area contributed by atoms with Crippen LogP contribution >= 0.6 is 0 Å². The number of nitrogens with zero attached hydrogens (tertiary/aromatic N) is 6. The van der Waals surface area contributed by atoms with Crippen LogP contribution in [0.1, 0.15) is 0 Å². The molecule has 0 fully saturated rings. The highest BCUT2D eigenvalue weighted by molar-refractivity contribution is 6.27. The zero-order chi connectivity index (χ0) is 87.1. The molecular formula is C126H84N6. The van der Waals surface area contributed by atoms with E-state index in [4.69, 9.17) is 0 Å². The van der Waals surface area contributed by atoms with Gasteiger partial charge in [0.2, 0.25) is 0 Å². The molecule has 6 nitrogen and oxygen atoms in total. The average Bonchev–Trinajstić information content (AvgIpc) is 1.55. The van der Waals surface area contributed by atoms with Crippen molar-refractivity contribution in [1.29, 1.82) is 0 Å². The number of rotatable bonds is 12. The van der Waals surface area contributed by atoms with E-state index in [-0.39, 0.29) is 0 Å². The summed E-state index contributed by atoms with van der Waals surface area (Å²) in [6, 6.07) is 184. The molecule has 0 radical (unpaired) electrons. The van der Waals surface area contributed by atoms with Gasteiger partial charge >= 0.3 is 0 Å². The van der Waals surface area contributed by atoms with Crippen LogP contribution in [0.4, 0.5) is 0 Å². The van der Waals surface area contributed by atoms with Crippen molar-refractivity contribution in [2.75, 3.05) is 0 Å². The molecule has 27 aromatic rings. The highest BCUT2D eigenvalue weighted by Gasteiger charge is 2.26. The number of fused-ring (bicyclic) bond motifs is 20. The van der Waals surface area contributed by atoms with Gasteiger partial charge in [0.25, 0.3) is 0 Å². The van der Waals surface area contributed by atoms with Crippen LogP contribution in [0, 0.1) is 0 Å². The molecule has 27 rings (SSSR count). The Labute approximate surface area is 763 Å². The Morgan fingerprint density at radius 3 is 0.568 bits per heavy atom. The first-order valence-electron chi connectivity index (χ1n) is 45.4. The normalized spacial score (nSPS) is 11.6. The molecule has 618 valence electrons. The lowest BCUT2D eigenvalue weighted by Crippen LogP contribution is -1.98. The Morgan fingerprint density at radius 2 is 0.288 bits per heavy atom. The maximum absolute atomic E-state index is 2.46. The molecule has 6 aromatic heterocycles. The van der Waals surface area contributed by atoms with E-state index >= 15 is 0 Å². The van der Waals surface area contributed by atoms with Gasteiger partial charge in [-0.05, 0) is 194 Å².